The minimum Gasteiger partial charge on any atom is -0.450 e. The first-order chi connectivity index (χ1) is 15.5. The zero-order chi connectivity index (χ0) is 24.7. The number of carbonyl (C=O) groups excluding carboxylic acids is 2. The molecule has 0 bridgehead atoms. The van der Waals surface area contributed by atoms with E-state index >= 15 is 0 Å². The Balaban J connectivity index is -0.000000397. The number of aliphatic hydroxyl groups is 2. The Morgan fingerprint density at radius 2 is 1.06 bits per heavy atom. The van der Waals surface area contributed by atoms with Crippen LogP contribution < -0.4 is 10.6 Å². The first-order valence-corrected chi connectivity index (χ1v) is 11.5. The molecule has 0 aliphatic heterocycles. The number of amides is 2. The average Bonchev–Trinajstić information content (AvgIpc) is 2.77. The van der Waals surface area contributed by atoms with Crippen LogP contribution in [-0.4, -0.2) is 61.9 Å². The zero-order valence-corrected chi connectivity index (χ0v) is 20.4. The molecule has 8 nitrogen and oxygen atoms in total. The normalized spacial score (nSPS) is 8.56. The number of carbonyl (C=O) groups is 2. The van der Waals surface area contributed by atoms with Gasteiger partial charge in [-0.3, -0.25) is 0 Å². The van der Waals surface area contributed by atoms with E-state index in [9.17, 15) is 9.59 Å². The molecule has 0 aromatic heterocycles. The van der Waals surface area contributed by atoms with Crippen molar-refractivity contribution < 1.29 is 29.3 Å². The van der Waals surface area contributed by atoms with Crippen LogP contribution in [0.1, 0.15) is 79.1 Å². The summed E-state index contributed by atoms with van der Waals surface area (Å²) in [5, 5.41) is 22.1. The van der Waals surface area contributed by atoms with Gasteiger partial charge in [-0.1, -0.05) is 38.5 Å². The third-order valence-electron chi connectivity index (χ3n) is 3.31. The highest BCUT2D eigenvalue weighted by molar-refractivity contribution is 5.67. The molecule has 0 heterocycles. The Kier molecular flexibility index (Phi) is 35.5. The van der Waals surface area contributed by atoms with Gasteiger partial charge in [0.25, 0.3) is 0 Å². The number of aliphatic hydroxyl groups excluding tert-OH is 2. The number of alkyl carbamates (subject to hydrolysis) is 2. The fraction of sp³-hybridized carbons (Fsp3) is 0.750. The SMILES string of the molecule is CCCCNC(=O)OCC.CCCCNC(=O)OCC.OCCCC#CC#CCCCO. The number of rotatable bonds is 12. The molecule has 0 spiro atoms. The summed E-state index contributed by atoms with van der Waals surface area (Å²) in [4.78, 5) is 21.2. The highest BCUT2D eigenvalue weighted by Gasteiger charge is 1.96. The summed E-state index contributed by atoms with van der Waals surface area (Å²) >= 11 is 0. The van der Waals surface area contributed by atoms with Crippen molar-refractivity contribution in [2.24, 2.45) is 0 Å². The van der Waals surface area contributed by atoms with Crippen molar-refractivity contribution in [3.8, 4) is 23.7 Å². The molecule has 8 heteroatoms. The lowest BCUT2D eigenvalue weighted by Gasteiger charge is -2.02. The lowest BCUT2D eigenvalue weighted by atomic mass is 10.3. The van der Waals surface area contributed by atoms with Crippen molar-refractivity contribution >= 4 is 12.2 Å². The quantitative estimate of drug-likeness (QED) is 0.263. The molecule has 0 aromatic rings. The maximum atomic E-state index is 10.6. The van der Waals surface area contributed by atoms with E-state index in [1.165, 1.54) is 0 Å². The molecular formula is C24H44N2O6. The van der Waals surface area contributed by atoms with Crippen LogP contribution in [0.4, 0.5) is 9.59 Å². The van der Waals surface area contributed by atoms with Gasteiger partial charge in [0, 0.05) is 39.1 Å². The highest BCUT2D eigenvalue weighted by atomic mass is 16.6. The van der Waals surface area contributed by atoms with Crippen molar-refractivity contribution in [3.63, 3.8) is 0 Å². The van der Waals surface area contributed by atoms with Crippen LogP contribution in [0.2, 0.25) is 0 Å². The van der Waals surface area contributed by atoms with Gasteiger partial charge in [-0.2, -0.15) is 0 Å². The van der Waals surface area contributed by atoms with Gasteiger partial charge in [0.15, 0.2) is 0 Å². The zero-order valence-electron chi connectivity index (χ0n) is 20.4. The van der Waals surface area contributed by atoms with E-state index in [4.69, 9.17) is 10.2 Å². The molecule has 0 fully saturated rings. The van der Waals surface area contributed by atoms with Gasteiger partial charge in [0.05, 0.1) is 13.2 Å². The fourth-order valence-electron chi connectivity index (χ4n) is 1.65. The number of nitrogens with one attached hydrogen (secondary N) is 2. The fourth-order valence-corrected chi connectivity index (χ4v) is 1.65. The summed E-state index contributed by atoms with van der Waals surface area (Å²) in [5.74, 6) is 11.0. The molecule has 4 N–H and O–H groups in total. The summed E-state index contributed by atoms with van der Waals surface area (Å²) in [6.45, 7) is 10.4. The van der Waals surface area contributed by atoms with Crippen LogP contribution in [0.25, 0.3) is 0 Å². The van der Waals surface area contributed by atoms with Crippen molar-refractivity contribution in [1.29, 1.82) is 0 Å². The minimum atomic E-state index is -0.309. The Morgan fingerprint density at radius 3 is 1.34 bits per heavy atom. The van der Waals surface area contributed by atoms with Gasteiger partial charge in [-0.25, -0.2) is 9.59 Å². The summed E-state index contributed by atoms with van der Waals surface area (Å²) < 4.78 is 9.28. The molecule has 0 rings (SSSR count). The highest BCUT2D eigenvalue weighted by Crippen LogP contribution is 1.85. The van der Waals surface area contributed by atoms with Crippen molar-refractivity contribution in [2.45, 2.75) is 79.1 Å². The second kappa shape index (κ2) is 33.2. The second-order valence-electron chi connectivity index (χ2n) is 6.26. The van der Waals surface area contributed by atoms with E-state index < -0.39 is 0 Å². The van der Waals surface area contributed by atoms with Crippen LogP contribution in [0.3, 0.4) is 0 Å². The molecule has 0 aliphatic carbocycles. The molecule has 0 saturated heterocycles. The Labute approximate surface area is 194 Å². The Bertz CT molecular complexity index is 484. The molecule has 0 atom stereocenters. The lowest BCUT2D eigenvalue weighted by Crippen LogP contribution is -2.24. The van der Waals surface area contributed by atoms with Crippen molar-refractivity contribution in [2.75, 3.05) is 39.5 Å². The van der Waals surface area contributed by atoms with Gasteiger partial charge in [0.1, 0.15) is 0 Å². The maximum absolute atomic E-state index is 10.6. The van der Waals surface area contributed by atoms with E-state index in [0.29, 0.717) is 38.9 Å². The average molecular weight is 457 g/mol. The Morgan fingerprint density at radius 1 is 0.688 bits per heavy atom. The predicted octanol–water partition coefficient (Wildman–Crippen LogP) is 3.60. The Hall–Kier alpha value is -2.42. The smallest absolute Gasteiger partial charge is 0.407 e. The first kappa shape index (κ1) is 34.2. The van der Waals surface area contributed by atoms with E-state index in [1.807, 2.05) is 0 Å². The number of unbranched alkanes of at least 4 members (excludes halogenated alkanes) is 4. The number of ether oxygens (including phenoxy) is 2. The van der Waals surface area contributed by atoms with Crippen LogP contribution in [-0.2, 0) is 9.47 Å². The standard InChI is InChI=1S/C10H14O2.2C7H15NO2/c11-9-7-5-3-1-2-4-6-8-10-12;2*1-3-5-6-8-7(9)10-4-2/h11-12H,5-10H2;2*3-6H2,1-2H3,(H,8,9). The van der Waals surface area contributed by atoms with Crippen molar-refractivity contribution in [1.82, 2.24) is 10.6 Å². The molecule has 0 saturated carbocycles. The molecule has 2 amide bonds. The monoisotopic (exact) mass is 456 g/mol. The molecule has 0 aliphatic rings. The van der Waals surface area contributed by atoms with Gasteiger partial charge in [-0.05, 0) is 51.4 Å². The topological polar surface area (TPSA) is 117 Å². The minimum absolute atomic E-state index is 0.187. The van der Waals surface area contributed by atoms with E-state index in [0.717, 1.165) is 38.8 Å². The number of hydrogen-bond acceptors (Lipinski definition) is 6. The molecule has 186 valence electrons. The third kappa shape index (κ3) is 38.2. The van der Waals surface area contributed by atoms with Crippen LogP contribution in [0, 0.1) is 23.7 Å². The molecule has 0 aromatic carbocycles. The van der Waals surface area contributed by atoms with E-state index in [-0.39, 0.29) is 25.4 Å². The third-order valence-corrected chi connectivity index (χ3v) is 3.31. The largest absolute Gasteiger partial charge is 0.450 e. The molecule has 0 unspecified atom stereocenters. The maximum Gasteiger partial charge on any atom is 0.407 e. The van der Waals surface area contributed by atoms with Gasteiger partial charge >= 0.3 is 12.2 Å². The van der Waals surface area contributed by atoms with E-state index in [1.54, 1.807) is 13.8 Å². The predicted molar refractivity (Wildman–Crippen MR) is 128 cm³/mol. The lowest BCUT2D eigenvalue weighted by molar-refractivity contribution is 0.151. The van der Waals surface area contributed by atoms with E-state index in [2.05, 4.69) is 57.6 Å². The van der Waals surface area contributed by atoms with Gasteiger partial charge < -0.3 is 30.3 Å². The summed E-state index contributed by atoms with van der Waals surface area (Å²) in [6.07, 6.45) is 6.41. The summed E-state index contributed by atoms with van der Waals surface area (Å²) in [7, 11) is 0. The molecule has 0 radical (unpaired) electrons. The van der Waals surface area contributed by atoms with Crippen LogP contribution in [0.5, 0.6) is 0 Å². The van der Waals surface area contributed by atoms with Crippen molar-refractivity contribution in [3.05, 3.63) is 0 Å². The van der Waals surface area contributed by atoms with Crippen LogP contribution in [0.15, 0.2) is 0 Å². The summed E-state index contributed by atoms with van der Waals surface area (Å²) in [6, 6.07) is 0. The second-order valence-corrected chi connectivity index (χ2v) is 6.26. The molecular weight excluding hydrogens is 412 g/mol. The van der Waals surface area contributed by atoms with Crippen LogP contribution >= 0.6 is 0 Å². The van der Waals surface area contributed by atoms with Gasteiger partial charge in [-0.15, -0.1) is 0 Å². The number of hydrogen-bond donors (Lipinski definition) is 4. The van der Waals surface area contributed by atoms with Gasteiger partial charge in [0.2, 0.25) is 0 Å². The summed E-state index contributed by atoms with van der Waals surface area (Å²) in [5.41, 5.74) is 0. The molecule has 32 heavy (non-hydrogen) atoms. The first-order valence-electron chi connectivity index (χ1n) is 11.5.